The van der Waals surface area contributed by atoms with Crippen LogP contribution in [0.3, 0.4) is 0 Å². The number of thioether (sulfide) groups is 1. The van der Waals surface area contributed by atoms with Gasteiger partial charge in [-0.15, -0.1) is 23.1 Å². The first-order valence-electron chi connectivity index (χ1n) is 8.23. The molecule has 3 rings (SSSR count). The van der Waals surface area contributed by atoms with Crippen LogP contribution in [0.1, 0.15) is 5.56 Å². The van der Waals surface area contributed by atoms with Crippen LogP contribution in [0.5, 0.6) is 0 Å². The lowest BCUT2D eigenvalue weighted by Gasteiger charge is -2.08. The normalized spacial score (nSPS) is 10.6. The van der Waals surface area contributed by atoms with Crippen molar-refractivity contribution in [1.29, 1.82) is 0 Å². The molecule has 0 aliphatic carbocycles. The molecule has 0 bridgehead atoms. The molecule has 134 valence electrons. The molecule has 0 spiro atoms. The fraction of sp³-hybridized carbons (Fsp3) is 0.211. The van der Waals surface area contributed by atoms with Gasteiger partial charge in [-0.05, 0) is 23.1 Å². The van der Waals surface area contributed by atoms with Gasteiger partial charge in [-0.25, -0.2) is 4.68 Å². The quantitative estimate of drug-likeness (QED) is 0.647. The molecule has 1 amide bonds. The Morgan fingerprint density at radius 3 is 2.73 bits per heavy atom. The highest BCUT2D eigenvalue weighted by Crippen LogP contribution is 2.20. The highest BCUT2D eigenvalue weighted by Gasteiger charge is 2.06. The highest BCUT2D eigenvalue weighted by atomic mass is 32.2. The Bertz CT molecular complexity index is 893. The van der Waals surface area contributed by atoms with E-state index in [1.54, 1.807) is 29.2 Å². The van der Waals surface area contributed by atoms with Gasteiger partial charge in [0.1, 0.15) is 5.69 Å². The summed E-state index contributed by atoms with van der Waals surface area (Å²) >= 11 is 3.15. The Hall–Kier alpha value is -2.38. The first-order valence-corrected chi connectivity index (χ1v) is 10.3. The SMILES string of the molecule is O=C(CSCc1ccccc1)NCCn1nc(-c2cccs2)ccc1=O. The average Bonchev–Trinajstić information content (AvgIpc) is 3.19. The molecule has 0 radical (unpaired) electrons. The van der Waals surface area contributed by atoms with E-state index in [-0.39, 0.29) is 11.5 Å². The number of nitrogens with one attached hydrogen (secondary N) is 1. The molecule has 0 unspecified atom stereocenters. The zero-order valence-electron chi connectivity index (χ0n) is 14.1. The number of nitrogens with zero attached hydrogens (tertiary/aromatic N) is 2. The van der Waals surface area contributed by atoms with Crippen LogP contribution in [-0.2, 0) is 17.1 Å². The monoisotopic (exact) mass is 385 g/mol. The number of aromatic nitrogens is 2. The van der Waals surface area contributed by atoms with E-state index in [4.69, 9.17) is 0 Å². The average molecular weight is 386 g/mol. The Labute approximate surface area is 160 Å². The second-order valence-electron chi connectivity index (χ2n) is 5.59. The number of amides is 1. The molecule has 3 aromatic rings. The summed E-state index contributed by atoms with van der Waals surface area (Å²) in [6.07, 6.45) is 0. The molecule has 0 aliphatic heterocycles. The number of thiophene rings is 1. The number of benzene rings is 1. The summed E-state index contributed by atoms with van der Waals surface area (Å²) in [4.78, 5) is 24.9. The summed E-state index contributed by atoms with van der Waals surface area (Å²) in [6.45, 7) is 0.735. The van der Waals surface area contributed by atoms with E-state index in [9.17, 15) is 9.59 Å². The summed E-state index contributed by atoms with van der Waals surface area (Å²) in [5, 5.41) is 9.19. The predicted molar refractivity (Wildman–Crippen MR) is 107 cm³/mol. The standard InChI is InChI=1S/C19H19N3O2S2/c23-18(14-25-13-15-5-2-1-3-6-15)20-10-11-22-19(24)9-8-16(21-22)17-7-4-12-26-17/h1-9,12H,10-11,13-14H2,(H,20,23). The molecule has 0 fully saturated rings. The first kappa shape index (κ1) is 18.4. The molecule has 26 heavy (non-hydrogen) atoms. The van der Waals surface area contributed by atoms with Crippen molar-refractivity contribution in [2.45, 2.75) is 12.3 Å². The molecular formula is C19H19N3O2S2. The third-order valence-corrected chi connectivity index (χ3v) is 5.53. The predicted octanol–water partition coefficient (Wildman–Crippen LogP) is 3.02. The largest absolute Gasteiger partial charge is 0.354 e. The Kier molecular flexibility index (Phi) is 6.62. The maximum atomic E-state index is 11.9. The molecule has 0 saturated heterocycles. The van der Waals surface area contributed by atoms with Crippen LogP contribution in [0, 0.1) is 0 Å². The lowest BCUT2D eigenvalue weighted by Crippen LogP contribution is -2.32. The van der Waals surface area contributed by atoms with Crippen LogP contribution in [0.15, 0.2) is 64.8 Å². The van der Waals surface area contributed by atoms with Gasteiger partial charge in [-0.3, -0.25) is 9.59 Å². The van der Waals surface area contributed by atoms with E-state index in [1.807, 2.05) is 47.8 Å². The third-order valence-electron chi connectivity index (χ3n) is 3.63. The van der Waals surface area contributed by atoms with Gasteiger partial charge in [0.25, 0.3) is 5.56 Å². The van der Waals surface area contributed by atoms with E-state index in [0.717, 1.165) is 16.3 Å². The van der Waals surface area contributed by atoms with Crippen molar-refractivity contribution in [3.05, 3.63) is 75.9 Å². The van der Waals surface area contributed by atoms with Gasteiger partial charge in [-0.1, -0.05) is 36.4 Å². The zero-order valence-corrected chi connectivity index (χ0v) is 15.8. The van der Waals surface area contributed by atoms with E-state index in [0.29, 0.717) is 18.8 Å². The van der Waals surface area contributed by atoms with E-state index in [2.05, 4.69) is 10.4 Å². The van der Waals surface area contributed by atoms with Crippen molar-refractivity contribution in [2.24, 2.45) is 0 Å². The van der Waals surface area contributed by atoms with Crippen molar-refractivity contribution in [3.8, 4) is 10.6 Å². The molecule has 0 aliphatic rings. The lowest BCUT2D eigenvalue weighted by atomic mass is 10.2. The molecule has 0 atom stereocenters. The second-order valence-corrected chi connectivity index (χ2v) is 7.52. The molecule has 5 nitrogen and oxygen atoms in total. The van der Waals surface area contributed by atoms with Crippen molar-refractivity contribution >= 4 is 29.0 Å². The molecule has 2 heterocycles. The fourth-order valence-corrected chi connectivity index (χ4v) is 3.86. The molecule has 2 aromatic heterocycles. The minimum absolute atomic E-state index is 0.0339. The summed E-state index contributed by atoms with van der Waals surface area (Å²) in [5.74, 6) is 1.17. The highest BCUT2D eigenvalue weighted by molar-refractivity contribution is 7.99. The molecule has 0 saturated carbocycles. The first-order chi connectivity index (χ1) is 12.7. The molecule has 1 aromatic carbocycles. The second kappa shape index (κ2) is 9.35. The van der Waals surface area contributed by atoms with Crippen LogP contribution in [-0.4, -0.2) is 28.0 Å². The van der Waals surface area contributed by atoms with Crippen molar-refractivity contribution in [2.75, 3.05) is 12.3 Å². The van der Waals surface area contributed by atoms with E-state index >= 15 is 0 Å². The topological polar surface area (TPSA) is 64.0 Å². The van der Waals surface area contributed by atoms with Gasteiger partial charge in [0, 0.05) is 18.4 Å². The third kappa shape index (κ3) is 5.31. The minimum Gasteiger partial charge on any atom is -0.354 e. The van der Waals surface area contributed by atoms with Gasteiger partial charge in [0.15, 0.2) is 0 Å². The number of hydrogen-bond acceptors (Lipinski definition) is 5. The number of rotatable bonds is 8. The number of hydrogen-bond donors (Lipinski definition) is 1. The lowest BCUT2D eigenvalue weighted by molar-refractivity contribution is -0.118. The van der Waals surface area contributed by atoms with Gasteiger partial charge in [0.05, 0.1) is 17.2 Å². The van der Waals surface area contributed by atoms with Gasteiger partial charge in [-0.2, -0.15) is 5.10 Å². The molecule has 7 heteroatoms. The summed E-state index contributed by atoms with van der Waals surface area (Å²) in [7, 11) is 0. The summed E-state index contributed by atoms with van der Waals surface area (Å²) < 4.78 is 1.40. The Balaban J connectivity index is 1.45. The van der Waals surface area contributed by atoms with Gasteiger partial charge < -0.3 is 5.32 Å². The van der Waals surface area contributed by atoms with Crippen LogP contribution >= 0.6 is 23.1 Å². The van der Waals surface area contributed by atoms with Crippen molar-refractivity contribution < 1.29 is 4.79 Å². The molecular weight excluding hydrogens is 366 g/mol. The smallest absolute Gasteiger partial charge is 0.266 e. The van der Waals surface area contributed by atoms with Crippen LogP contribution in [0.4, 0.5) is 0 Å². The molecule has 1 N–H and O–H groups in total. The maximum absolute atomic E-state index is 11.9. The van der Waals surface area contributed by atoms with Crippen LogP contribution < -0.4 is 10.9 Å². The summed E-state index contributed by atoms with van der Waals surface area (Å²) in [5.41, 5.74) is 1.80. The number of carbonyl (C=O) groups is 1. The minimum atomic E-state index is -0.169. The number of carbonyl (C=O) groups excluding carboxylic acids is 1. The maximum Gasteiger partial charge on any atom is 0.266 e. The van der Waals surface area contributed by atoms with E-state index < -0.39 is 0 Å². The van der Waals surface area contributed by atoms with Gasteiger partial charge in [0.2, 0.25) is 5.91 Å². The zero-order chi connectivity index (χ0) is 18.2. The van der Waals surface area contributed by atoms with Crippen molar-refractivity contribution in [3.63, 3.8) is 0 Å². The Morgan fingerprint density at radius 1 is 1.12 bits per heavy atom. The van der Waals surface area contributed by atoms with Gasteiger partial charge >= 0.3 is 0 Å². The van der Waals surface area contributed by atoms with Crippen molar-refractivity contribution in [1.82, 2.24) is 15.1 Å². The fourth-order valence-electron chi connectivity index (χ4n) is 2.35. The van der Waals surface area contributed by atoms with Crippen LogP contribution in [0.2, 0.25) is 0 Å². The summed E-state index contributed by atoms with van der Waals surface area (Å²) in [6, 6.07) is 17.2. The van der Waals surface area contributed by atoms with E-state index in [1.165, 1.54) is 16.3 Å². The van der Waals surface area contributed by atoms with Crippen LogP contribution in [0.25, 0.3) is 10.6 Å². The Morgan fingerprint density at radius 2 is 1.96 bits per heavy atom.